The third-order valence-electron chi connectivity index (χ3n) is 4.76. The molecule has 2 aromatic carbocycles. The van der Waals surface area contributed by atoms with Crippen LogP contribution >= 0.6 is 38.9 Å². The van der Waals surface area contributed by atoms with Gasteiger partial charge < -0.3 is 4.90 Å². The van der Waals surface area contributed by atoms with E-state index in [1.807, 2.05) is 24.3 Å². The van der Waals surface area contributed by atoms with Crippen molar-refractivity contribution in [1.82, 2.24) is 4.98 Å². The minimum absolute atomic E-state index is 0.276. The molecule has 4 rings (SSSR count). The van der Waals surface area contributed by atoms with Crippen LogP contribution in [-0.4, -0.2) is 12.0 Å². The van der Waals surface area contributed by atoms with Crippen LogP contribution in [0.4, 0.5) is 5.13 Å². The first kappa shape index (κ1) is 17.5. The molecule has 6 heteroatoms. The fourth-order valence-corrected chi connectivity index (χ4v) is 4.83. The van der Waals surface area contributed by atoms with Gasteiger partial charge in [0, 0.05) is 22.1 Å². The maximum atomic E-state index is 9.56. The van der Waals surface area contributed by atoms with E-state index in [4.69, 9.17) is 16.6 Å². The third kappa shape index (κ3) is 3.14. The maximum absolute atomic E-state index is 9.56. The zero-order valence-electron chi connectivity index (χ0n) is 14.0. The molecular weight excluding hydrogens is 430 g/mol. The lowest BCUT2D eigenvalue weighted by Gasteiger charge is -2.24. The highest BCUT2D eigenvalue weighted by Gasteiger charge is 2.28. The van der Waals surface area contributed by atoms with E-state index in [1.165, 1.54) is 22.5 Å². The molecule has 0 bridgehead atoms. The topological polar surface area (TPSA) is 39.9 Å². The van der Waals surface area contributed by atoms with Crippen LogP contribution in [0.3, 0.4) is 0 Å². The predicted molar refractivity (Wildman–Crippen MR) is 111 cm³/mol. The third-order valence-corrected chi connectivity index (χ3v) is 6.55. The van der Waals surface area contributed by atoms with E-state index < -0.39 is 0 Å². The molecule has 0 N–H and O–H groups in total. The summed E-state index contributed by atoms with van der Waals surface area (Å²) in [5, 5.41) is 11.1. The lowest BCUT2D eigenvalue weighted by molar-refractivity contribution is 0.660. The van der Waals surface area contributed by atoms with Crippen molar-refractivity contribution in [3.63, 3.8) is 0 Å². The number of nitrogens with zero attached hydrogens (tertiary/aromatic N) is 3. The summed E-state index contributed by atoms with van der Waals surface area (Å²) < 4.78 is 1.09. The van der Waals surface area contributed by atoms with Crippen molar-refractivity contribution in [3.8, 4) is 17.3 Å². The van der Waals surface area contributed by atoms with Gasteiger partial charge in [-0.1, -0.05) is 57.1 Å². The highest BCUT2D eigenvalue weighted by Crippen LogP contribution is 2.41. The predicted octanol–water partition coefficient (Wildman–Crippen LogP) is 6.22. The Morgan fingerprint density at radius 2 is 2.04 bits per heavy atom. The second-order valence-electron chi connectivity index (χ2n) is 6.30. The van der Waals surface area contributed by atoms with Gasteiger partial charge in [-0.3, -0.25) is 0 Å². The Bertz CT molecular complexity index is 1010. The zero-order valence-corrected chi connectivity index (χ0v) is 17.2. The molecule has 3 nitrogen and oxygen atoms in total. The average Bonchev–Trinajstić information content (AvgIpc) is 3.25. The van der Waals surface area contributed by atoms with Gasteiger partial charge >= 0.3 is 0 Å². The van der Waals surface area contributed by atoms with Crippen molar-refractivity contribution in [2.45, 2.75) is 18.9 Å². The fraction of sp³-hybridized carbons (Fsp3) is 0.200. The lowest BCUT2D eigenvalue weighted by atomic mass is 10.1. The molecule has 1 aromatic heterocycles. The van der Waals surface area contributed by atoms with Crippen LogP contribution in [0.1, 0.15) is 28.5 Å². The summed E-state index contributed by atoms with van der Waals surface area (Å²) in [5.74, 6) is 0. The Hall–Kier alpha value is -1.87. The van der Waals surface area contributed by atoms with Crippen LogP contribution in [0, 0.1) is 11.3 Å². The number of aryl methyl sites for hydroxylation is 1. The fourth-order valence-electron chi connectivity index (χ4n) is 3.43. The van der Waals surface area contributed by atoms with E-state index >= 15 is 0 Å². The number of hydrogen-bond acceptors (Lipinski definition) is 4. The summed E-state index contributed by atoms with van der Waals surface area (Å²) in [4.78, 5) is 7.61. The number of halogens is 2. The molecule has 0 saturated heterocycles. The molecule has 1 aliphatic carbocycles. The molecule has 3 aromatic rings. The first-order valence-electron chi connectivity index (χ1n) is 8.25. The highest BCUT2D eigenvalue weighted by atomic mass is 79.9. The molecule has 0 radical (unpaired) electrons. The molecular formula is C20H15BrClN3S. The van der Waals surface area contributed by atoms with E-state index in [0.29, 0.717) is 9.90 Å². The Morgan fingerprint density at radius 3 is 2.77 bits per heavy atom. The summed E-state index contributed by atoms with van der Waals surface area (Å²) >= 11 is 11.0. The minimum Gasteiger partial charge on any atom is -0.344 e. The van der Waals surface area contributed by atoms with Crippen molar-refractivity contribution < 1.29 is 0 Å². The van der Waals surface area contributed by atoms with Crippen molar-refractivity contribution >= 4 is 44.0 Å². The Balaban J connectivity index is 1.70. The van der Waals surface area contributed by atoms with Crippen LogP contribution in [-0.2, 0) is 6.42 Å². The van der Waals surface area contributed by atoms with Gasteiger partial charge in [-0.25, -0.2) is 4.98 Å². The highest BCUT2D eigenvalue weighted by molar-refractivity contribution is 9.10. The number of anilines is 1. The van der Waals surface area contributed by atoms with Crippen molar-refractivity contribution in [1.29, 1.82) is 5.26 Å². The molecule has 1 atom stereocenters. The Labute approximate surface area is 170 Å². The summed E-state index contributed by atoms with van der Waals surface area (Å²) in [5.41, 5.74) is 4.36. The molecule has 26 heavy (non-hydrogen) atoms. The smallest absolute Gasteiger partial charge is 0.187 e. The number of benzene rings is 2. The second-order valence-corrected chi connectivity index (χ2v) is 8.63. The first-order valence-corrected chi connectivity index (χ1v) is 10.2. The molecule has 1 unspecified atom stereocenters. The van der Waals surface area contributed by atoms with Gasteiger partial charge in [0.15, 0.2) is 5.13 Å². The molecule has 0 spiro atoms. The quantitative estimate of drug-likeness (QED) is 0.481. The standard InChI is InChI=1S/C20H15BrClN3S/c1-25(17-9-5-12-2-6-14(21)10-16(12)17)20-24-19(18(11-23)26-20)13-3-7-15(22)8-4-13/h2-4,6-8,10,17H,5,9H2,1H3. The summed E-state index contributed by atoms with van der Waals surface area (Å²) in [6.07, 6.45) is 2.12. The summed E-state index contributed by atoms with van der Waals surface area (Å²) in [7, 11) is 2.06. The molecule has 1 aliphatic rings. The largest absolute Gasteiger partial charge is 0.344 e. The lowest BCUT2D eigenvalue weighted by Crippen LogP contribution is -2.22. The molecule has 0 amide bonds. The van der Waals surface area contributed by atoms with Gasteiger partial charge in [-0.15, -0.1) is 0 Å². The number of nitriles is 1. The first-order chi connectivity index (χ1) is 12.6. The zero-order chi connectivity index (χ0) is 18.3. The van der Waals surface area contributed by atoms with Gasteiger partial charge in [-0.2, -0.15) is 5.26 Å². The van der Waals surface area contributed by atoms with Crippen molar-refractivity contribution in [3.05, 3.63) is 68.0 Å². The van der Waals surface area contributed by atoms with E-state index in [-0.39, 0.29) is 6.04 Å². The number of thiazole rings is 1. The van der Waals surface area contributed by atoms with Crippen molar-refractivity contribution in [2.75, 3.05) is 11.9 Å². The monoisotopic (exact) mass is 443 g/mol. The number of hydrogen-bond donors (Lipinski definition) is 0. The van der Waals surface area contributed by atoms with Gasteiger partial charge in [0.1, 0.15) is 16.6 Å². The average molecular weight is 445 g/mol. The van der Waals surface area contributed by atoms with E-state index in [0.717, 1.165) is 33.7 Å². The molecule has 1 heterocycles. The van der Waals surface area contributed by atoms with Crippen LogP contribution < -0.4 is 4.90 Å². The van der Waals surface area contributed by atoms with Crippen LogP contribution in [0.25, 0.3) is 11.3 Å². The van der Waals surface area contributed by atoms with Gasteiger partial charge in [0.05, 0.1) is 6.04 Å². The Kier molecular flexibility index (Phi) is 4.74. The SMILES string of the molecule is CN(c1nc(-c2ccc(Cl)cc2)c(C#N)s1)C1CCc2ccc(Br)cc21. The van der Waals surface area contributed by atoms with Gasteiger partial charge in [-0.05, 0) is 48.2 Å². The summed E-state index contributed by atoms with van der Waals surface area (Å²) in [6, 6.07) is 16.5. The number of aromatic nitrogens is 1. The van der Waals surface area contributed by atoms with Crippen LogP contribution in [0.5, 0.6) is 0 Å². The number of fused-ring (bicyclic) bond motifs is 1. The van der Waals surface area contributed by atoms with Crippen LogP contribution in [0.15, 0.2) is 46.9 Å². The maximum Gasteiger partial charge on any atom is 0.187 e. The second kappa shape index (κ2) is 7.03. The molecule has 0 saturated carbocycles. The van der Waals surface area contributed by atoms with Gasteiger partial charge in [0.25, 0.3) is 0 Å². The van der Waals surface area contributed by atoms with Crippen molar-refractivity contribution in [2.24, 2.45) is 0 Å². The Morgan fingerprint density at radius 1 is 1.27 bits per heavy atom. The van der Waals surface area contributed by atoms with E-state index in [1.54, 1.807) is 0 Å². The molecule has 0 aliphatic heterocycles. The van der Waals surface area contributed by atoms with Crippen LogP contribution in [0.2, 0.25) is 5.02 Å². The van der Waals surface area contributed by atoms with E-state index in [9.17, 15) is 5.26 Å². The van der Waals surface area contributed by atoms with Gasteiger partial charge in [0.2, 0.25) is 0 Å². The van der Waals surface area contributed by atoms with E-state index in [2.05, 4.69) is 52.1 Å². The molecule has 0 fully saturated rings. The number of rotatable bonds is 3. The summed E-state index contributed by atoms with van der Waals surface area (Å²) in [6.45, 7) is 0. The minimum atomic E-state index is 0.276. The molecule has 130 valence electrons. The normalized spacial score (nSPS) is 15.5.